The van der Waals surface area contributed by atoms with E-state index in [0.717, 1.165) is 18.9 Å². The van der Waals surface area contributed by atoms with Gasteiger partial charge in [0.25, 0.3) is 0 Å². The highest BCUT2D eigenvalue weighted by molar-refractivity contribution is 4.93. The monoisotopic (exact) mass is 197 g/mol. The molecule has 1 N–H and O–H groups in total. The van der Waals surface area contributed by atoms with Crippen LogP contribution >= 0.6 is 0 Å². The molecule has 0 amide bonds. The average molecular weight is 197 g/mol. The normalized spacial score (nSPS) is 20.4. The summed E-state index contributed by atoms with van der Waals surface area (Å²) in [5.41, 5.74) is 0. The summed E-state index contributed by atoms with van der Waals surface area (Å²) >= 11 is 0. The van der Waals surface area contributed by atoms with Crippen molar-refractivity contribution in [3.05, 3.63) is 12.7 Å². The molecule has 0 aromatic heterocycles. The van der Waals surface area contributed by atoms with Crippen molar-refractivity contribution < 1.29 is 4.74 Å². The molecule has 1 aliphatic rings. The van der Waals surface area contributed by atoms with Crippen LogP contribution in [0.5, 0.6) is 0 Å². The van der Waals surface area contributed by atoms with Crippen molar-refractivity contribution in [1.82, 2.24) is 5.32 Å². The zero-order valence-electron chi connectivity index (χ0n) is 9.46. The number of nitrogens with one attached hydrogen (secondary N) is 1. The van der Waals surface area contributed by atoms with Crippen molar-refractivity contribution >= 4 is 0 Å². The minimum Gasteiger partial charge on any atom is -0.380 e. The summed E-state index contributed by atoms with van der Waals surface area (Å²) in [6, 6.07) is 0.463. The molecule has 2 nitrogen and oxygen atoms in total. The van der Waals surface area contributed by atoms with Gasteiger partial charge in [0.05, 0.1) is 6.10 Å². The highest BCUT2D eigenvalue weighted by Gasteiger charge is 2.35. The molecule has 0 radical (unpaired) electrons. The maximum absolute atomic E-state index is 5.58. The van der Waals surface area contributed by atoms with Gasteiger partial charge in [0.2, 0.25) is 0 Å². The van der Waals surface area contributed by atoms with Crippen LogP contribution in [0, 0.1) is 5.92 Å². The van der Waals surface area contributed by atoms with Gasteiger partial charge in [0.15, 0.2) is 0 Å². The standard InChI is InChI=1S/C12H23NO/c1-4-6-11(13-9-5-2)12(14-3)10-7-8-10/h4,10-13H,1,5-9H2,2-3H3. The molecular weight excluding hydrogens is 174 g/mol. The van der Waals surface area contributed by atoms with Crippen LogP contribution in [0.15, 0.2) is 12.7 Å². The lowest BCUT2D eigenvalue weighted by Gasteiger charge is -2.26. The zero-order valence-corrected chi connectivity index (χ0v) is 9.46. The third kappa shape index (κ3) is 3.43. The second-order valence-electron chi connectivity index (χ2n) is 4.12. The second kappa shape index (κ2) is 6.20. The Morgan fingerprint density at radius 1 is 1.57 bits per heavy atom. The van der Waals surface area contributed by atoms with Gasteiger partial charge in [-0.15, -0.1) is 6.58 Å². The fraction of sp³-hybridized carbons (Fsp3) is 0.833. The molecule has 0 heterocycles. The van der Waals surface area contributed by atoms with E-state index in [2.05, 4.69) is 18.8 Å². The maximum atomic E-state index is 5.58. The number of methoxy groups -OCH3 is 1. The molecule has 1 rings (SSSR count). The Morgan fingerprint density at radius 3 is 2.71 bits per heavy atom. The van der Waals surface area contributed by atoms with Gasteiger partial charge in [-0.1, -0.05) is 13.0 Å². The van der Waals surface area contributed by atoms with Gasteiger partial charge < -0.3 is 10.1 Å². The lowest BCUT2D eigenvalue weighted by Crippen LogP contribution is -2.42. The van der Waals surface area contributed by atoms with E-state index >= 15 is 0 Å². The van der Waals surface area contributed by atoms with Gasteiger partial charge in [0.1, 0.15) is 0 Å². The van der Waals surface area contributed by atoms with Crippen LogP contribution in [0.1, 0.15) is 32.6 Å². The van der Waals surface area contributed by atoms with E-state index in [1.165, 1.54) is 19.3 Å². The van der Waals surface area contributed by atoms with Crippen molar-refractivity contribution in [1.29, 1.82) is 0 Å². The van der Waals surface area contributed by atoms with Crippen molar-refractivity contribution in [2.45, 2.75) is 44.8 Å². The number of rotatable bonds is 8. The third-order valence-electron chi connectivity index (χ3n) is 2.83. The van der Waals surface area contributed by atoms with E-state index < -0.39 is 0 Å². The van der Waals surface area contributed by atoms with Crippen molar-refractivity contribution in [2.24, 2.45) is 5.92 Å². The molecule has 0 aromatic rings. The van der Waals surface area contributed by atoms with Crippen molar-refractivity contribution in [3.8, 4) is 0 Å². The summed E-state index contributed by atoms with van der Waals surface area (Å²) < 4.78 is 5.58. The van der Waals surface area contributed by atoms with Crippen molar-refractivity contribution in [2.75, 3.05) is 13.7 Å². The Kier molecular flexibility index (Phi) is 5.20. The van der Waals surface area contributed by atoms with E-state index in [0.29, 0.717) is 12.1 Å². The first-order chi connectivity index (χ1) is 6.83. The first-order valence-corrected chi connectivity index (χ1v) is 5.70. The van der Waals surface area contributed by atoms with E-state index in [-0.39, 0.29) is 0 Å². The van der Waals surface area contributed by atoms with Crippen LogP contribution in [-0.2, 0) is 4.74 Å². The maximum Gasteiger partial charge on any atom is 0.0755 e. The van der Waals surface area contributed by atoms with Crippen molar-refractivity contribution in [3.63, 3.8) is 0 Å². The fourth-order valence-electron chi connectivity index (χ4n) is 1.95. The summed E-state index contributed by atoms with van der Waals surface area (Å²) in [7, 11) is 1.83. The Morgan fingerprint density at radius 2 is 2.29 bits per heavy atom. The summed E-state index contributed by atoms with van der Waals surface area (Å²) in [5.74, 6) is 0.786. The van der Waals surface area contributed by atoms with Crippen LogP contribution in [0.4, 0.5) is 0 Å². The molecule has 2 atom stereocenters. The van der Waals surface area contributed by atoms with Crippen LogP contribution in [0.3, 0.4) is 0 Å². The summed E-state index contributed by atoms with van der Waals surface area (Å²) in [6.07, 6.45) is 7.23. The fourth-order valence-corrected chi connectivity index (χ4v) is 1.95. The van der Waals surface area contributed by atoms with Crippen LogP contribution in [0.25, 0.3) is 0 Å². The molecule has 2 unspecified atom stereocenters. The lowest BCUT2D eigenvalue weighted by molar-refractivity contribution is 0.0519. The van der Waals surface area contributed by atoms with E-state index in [1.807, 2.05) is 13.2 Å². The molecule has 14 heavy (non-hydrogen) atoms. The zero-order chi connectivity index (χ0) is 10.4. The van der Waals surface area contributed by atoms with Gasteiger partial charge in [-0.2, -0.15) is 0 Å². The Labute approximate surface area is 87.7 Å². The Bertz CT molecular complexity index is 166. The highest BCUT2D eigenvalue weighted by Crippen LogP contribution is 2.36. The average Bonchev–Trinajstić information content (AvgIpc) is 2.99. The number of hydrogen-bond donors (Lipinski definition) is 1. The quantitative estimate of drug-likeness (QED) is 0.603. The highest BCUT2D eigenvalue weighted by atomic mass is 16.5. The number of ether oxygens (including phenoxy) is 1. The molecule has 1 aliphatic carbocycles. The molecule has 0 spiro atoms. The van der Waals surface area contributed by atoms with Crippen LogP contribution < -0.4 is 5.32 Å². The van der Waals surface area contributed by atoms with E-state index in [4.69, 9.17) is 4.74 Å². The Balaban J connectivity index is 2.40. The molecule has 1 fully saturated rings. The molecule has 1 saturated carbocycles. The SMILES string of the molecule is C=CCC(NCCC)C(OC)C1CC1. The Hall–Kier alpha value is -0.340. The molecule has 0 aromatic carbocycles. The third-order valence-corrected chi connectivity index (χ3v) is 2.83. The largest absolute Gasteiger partial charge is 0.380 e. The van der Waals surface area contributed by atoms with E-state index in [9.17, 15) is 0 Å². The molecular formula is C12H23NO. The first kappa shape index (κ1) is 11.7. The lowest BCUT2D eigenvalue weighted by atomic mass is 10.0. The van der Waals surface area contributed by atoms with Crippen LogP contribution in [0.2, 0.25) is 0 Å². The first-order valence-electron chi connectivity index (χ1n) is 5.70. The van der Waals surface area contributed by atoms with Crippen LogP contribution in [-0.4, -0.2) is 25.8 Å². The van der Waals surface area contributed by atoms with Gasteiger partial charge in [-0.3, -0.25) is 0 Å². The molecule has 0 saturated heterocycles. The molecule has 2 heteroatoms. The van der Waals surface area contributed by atoms with E-state index in [1.54, 1.807) is 0 Å². The predicted octanol–water partition coefficient (Wildman–Crippen LogP) is 2.36. The van der Waals surface area contributed by atoms with Gasteiger partial charge in [0, 0.05) is 13.2 Å². The minimum absolute atomic E-state index is 0.388. The number of hydrogen-bond acceptors (Lipinski definition) is 2. The molecule has 0 aliphatic heterocycles. The minimum atomic E-state index is 0.388. The van der Waals surface area contributed by atoms with Gasteiger partial charge in [-0.05, 0) is 38.1 Å². The second-order valence-corrected chi connectivity index (χ2v) is 4.12. The smallest absolute Gasteiger partial charge is 0.0755 e. The summed E-state index contributed by atoms with van der Waals surface area (Å²) in [6.45, 7) is 7.08. The van der Waals surface area contributed by atoms with Gasteiger partial charge >= 0.3 is 0 Å². The van der Waals surface area contributed by atoms with Gasteiger partial charge in [-0.25, -0.2) is 0 Å². The molecule has 0 bridgehead atoms. The molecule has 82 valence electrons. The topological polar surface area (TPSA) is 21.3 Å². The predicted molar refractivity (Wildman–Crippen MR) is 60.4 cm³/mol. The summed E-state index contributed by atoms with van der Waals surface area (Å²) in [5, 5.41) is 3.55. The summed E-state index contributed by atoms with van der Waals surface area (Å²) in [4.78, 5) is 0.